The van der Waals surface area contributed by atoms with Gasteiger partial charge in [0.05, 0.1) is 5.52 Å². The predicted octanol–water partition coefficient (Wildman–Crippen LogP) is 2.93. The Morgan fingerprint density at radius 1 is 1.25 bits per heavy atom. The van der Waals surface area contributed by atoms with Crippen LogP contribution in [0.15, 0.2) is 36.5 Å². The molecule has 0 aliphatic heterocycles. The maximum Gasteiger partial charge on any atom is 0.0702 e. The van der Waals surface area contributed by atoms with Crippen molar-refractivity contribution in [1.82, 2.24) is 4.98 Å². The van der Waals surface area contributed by atoms with Gasteiger partial charge in [-0.3, -0.25) is 4.98 Å². The third-order valence-corrected chi connectivity index (χ3v) is 3.11. The van der Waals surface area contributed by atoms with E-state index in [4.69, 9.17) is 5.73 Å². The van der Waals surface area contributed by atoms with Crippen molar-refractivity contribution in [3.05, 3.63) is 42.1 Å². The van der Waals surface area contributed by atoms with Crippen molar-refractivity contribution in [2.45, 2.75) is 19.8 Å². The fourth-order valence-corrected chi connectivity index (χ4v) is 2.12. The van der Waals surface area contributed by atoms with E-state index < -0.39 is 0 Å². The largest absolute Gasteiger partial charge is 0.330 e. The highest BCUT2D eigenvalue weighted by molar-refractivity contribution is 5.79. The highest BCUT2D eigenvalue weighted by Crippen LogP contribution is 2.25. The summed E-state index contributed by atoms with van der Waals surface area (Å²) >= 11 is 0. The predicted molar refractivity (Wildman–Crippen MR) is 68.4 cm³/mol. The molecule has 0 bridgehead atoms. The standard InChI is InChI=1S/C14H18N2/c1-10(2)13(9-15)11-5-6-14-12(8-11)4-3-7-16-14/h3-8,10,13H,9,15H2,1-2H3. The first-order valence-electron chi connectivity index (χ1n) is 5.77. The van der Waals surface area contributed by atoms with E-state index in [1.165, 1.54) is 10.9 Å². The third-order valence-electron chi connectivity index (χ3n) is 3.11. The lowest BCUT2D eigenvalue weighted by Gasteiger charge is -2.19. The van der Waals surface area contributed by atoms with Crippen LogP contribution in [0.1, 0.15) is 25.3 Å². The lowest BCUT2D eigenvalue weighted by molar-refractivity contribution is 0.507. The monoisotopic (exact) mass is 214 g/mol. The number of rotatable bonds is 3. The quantitative estimate of drug-likeness (QED) is 0.853. The topological polar surface area (TPSA) is 38.9 Å². The molecule has 0 aliphatic carbocycles. The Kier molecular flexibility index (Phi) is 3.20. The second-order valence-electron chi connectivity index (χ2n) is 4.54. The van der Waals surface area contributed by atoms with Crippen LogP contribution in [0.5, 0.6) is 0 Å². The summed E-state index contributed by atoms with van der Waals surface area (Å²) in [6.07, 6.45) is 1.82. The van der Waals surface area contributed by atoms with E-state index in [0.29, 0.717) is 18.4 Å². The minimum absolute atomic E-state index is 0.435. The van der Waals surface area contributed by atoms with Crippen molar-refractivity contribution in [1.29, 1.82) is 0 Å². The molecule has 2 heteroatoms. The molecule has 2 rings (SSSR count). The van der Waals surface area contributed by atoms with Crippen LogP contribution < -0.4 is 5.73 Å². The average Bonchev–Trinajstić information content (AvgIpc) is 2.29. The first-order valence-corrected chi connectivity index (χ1v) is 5.77. The van der Waals surface area contributed by atoms with Gasteiger partial charge in [-0.25, -0.2) is 0 Å². The molecule has 1 aromatic heterocycles. The lowest BCUT2D eigenvalue weighted by atomic mass is 9.88. The van der Waals surface area contributed by atoms with Gasteiger partial charge in [-0.1, -0.05) is 26.0 Å². The number of hydrogen-bond acceptors (Lipinski definition) is 2. The summed E-state index contributed by atoms with van der Waals surface area (Å²) in [5.74, 6) is 1.00. The molecule has 0 amide bonds. The van der Waals surface area contributed by atoms with Crippen LogP contribution in [-0.2, 0) is 0 Å². The van der Waals surface area contributed by atoms with Crippen molar-refractivity contribution >= 4 is 10.9 Å². The van der Waals surface area contributed by atoms with Gasteiger partial charge in [0.25, 0.3) is 0 Å². The van der Waals surface area contributed by atoms with Crippen LogP contribution >= 0.6 is 0 Å². The zero-order chi connectivity index (χ0) is 11.5. The summed E-state index contributed by atoms with van der Waals surface area (Å²) in [6, 6.07) is 10.5. The van der Waals surface area contributed by atoms with Crippen molar-refractivity contribution < 1.29 is 0 Å². The van der Waals surface area contributed by atoms with Crippen molar-refractivity contribution in [2.75, 3.05) is 6.54 Å². The Hall–Kier alpha value is -1.41. The second kappa shape index (κ2) is 4.62. The molecular formula is C14H18N2. The molecule has 84 valence electrons. The highest BCUT2D eigenvalue weighted by Gasteiger charge is 2.14. The first kappa shape index (κ1) is 11.1. The van der Waals surface area contributed by atoms with Gasteiger partial charge in [-0.05, 0) is 42.1 Å². The fourth-order valence-electron chi connectivity index (χ4n) is 2.12. The van der Waals surface area contributed by atoms with Crippen LogP contribution in [0, 0.1) is 5.92 Å². The Balaban J connectivity index is 2.45. The van der Waals surface area contributed by atoms with Gasteiger partial charge in [0.15, 0.2) is 0 Å². The lowest BCUT2D eigenvalue weighted by Crippen LogP contribution is -2.17. The fraction of sp³-hybridized carbons (Fsp3) is 0.357. The summed E-state index contributed by atoms with van der Waals surface area (Å²) in [5.41, 5.74) is 8.20. The maximum atomic E-state index is 5.83. The average molecular weight is 214 g/mol. The number of pyridine rings is 1. The van der Waals surface area contributed by atoms with E-state index in [2.05, 4.69) is 43.1 Å². The van der Waals surface area contributed by atoms with Crippen molar-refractivity contribution in [3.8, 4) is 0 Å². The van der Waals surface area contributed by atoms with Gasteiger partial charge in [0.1, 0.15) is 0 Å². The molecule has 1 unspecified atom stereocenters. The highest BCUT2D eigenvalue weighted by atomic mass is 14.6. The molecule has 2 nitrogen and oxygen atoms in total. The number of aromatic nitrogens is 1. The first-order chi connectivity index (χ1) is 7.72. The molecule has 0 spiro atoms. The smallest absolute Gasteiger partial charge is 0.0702 e. The Bertz CT molecular complexity index is 477. The molecular weight excluding hydrogens is 196 g/mol. The molecule has 16 heavy (non-hydrogen) atoms. The van der Waals surface area contributed by atoms with E-state index in [0.717, 1.165) is 5.52 Å². The number of nitrogens with zero attached hydrogens (tertiary/aromatic N) is 1. The maximum absolute atomic E-state index is 5.83. The summed E-state index contributed by atoms with van der Waals surface area (Å²) < 4.78 is 0. The summed E-state index contributed by atoms with van der Waals surface area (Å²) in [4.78, 5) is 4.32. The Morgan fingerprint density at radius 2 is 2.06 bits per heavy atom. The third kappa shape index (κ3) is 2.07. The van der Waals surface area contributed by atoms with E-state index in [1.807, 2.05) is 12.3 Å². The molecule has 0 aliphatic rings. The number of benzene rings is 1. The molecule has 1 atom stereocenters. The number of hydrogen-bond donors (Lipinski definition) is 1. The zero-order valence-corrected chi connectivity index (χ0v) is 9.85. The zero-order valence-electron chi connectivity index (χ0n) is 9.85. The van der Waals surface area contributed by atoms with Crippen LogP contribution in [-0.4, -0.2) is 11.5 Å². The van der Waals surface area contributed by atoms with E-state index in [9.17, 15) is 0 Å². The van der Waals surface area contributed by atoms with Crippen LogP contribution in [0.4, 0.5) is 0 Å². The molecule has 2 aromatic rings. The van der Waals surface area contributed by atoms with E-state index >= 15 is 0 Å². The van der Waals surface area contributed by atoms with Gasteiger partial charge in [-0.2, -0.15) is 0 Å². The van der Waals surface area contributed by atoms with Gasteiger partial charge in [0, 0.05) is 11.6 Å². The van der Waals surface area contributed by atoms with Gasteiger partial charge in [-0.15, -0.1) is 0 Å². The number of fused-ring (bicyclic) bond motifs is 1. The number of nitrogens with two attached hydrogens (primary N) is 1. The minimum atomic E-state index is 0.435. The van der Waals surface area contributed by atoms with Crippen LogP contribution in [0.2, 0.25) is 0 Å². The summed E-state index contributed by atoms with van der Waals surface area (Å²) in [7, 11) is 0. The summed E-state index contributed by atoms with van der Waals surface area (Å²) in [6.45, 7) is 5.12. The van der Waals surface area contributed by atoms with Crippen molar-refractivity contribution in [2.24, 2.45) is 11.7 Å². The van der Waals surface area contributed by atoms with Gasteiger partial charge >= 0.3 is 0 Å². The van der Waals surface area contributed by atoms with E-state index in [-0.39, 0.29) is 0 Å². The van der Waals surface area contributed by atoms with E-state index in [1.54, 1.807) is 0 Å². The van der Waals surface area contributed by atoms with Crippen LogP contribution in [0.25, 0.3) is 10.9 Å². The molecule has 1 heterocycles. The van der Waals surface area contributed by atoms with Crippen LogP contribution in [0.3, 0.4) is 0 Å². The molecule has 0 saturated carbocycles. The molecule has 0 fully saturated rings. The van der Waals surface area contributed by atoms with Crippen molar-refractivity contribution in [3.63, 3.8) is 0 Å². The SMILES string of the molecule is CC(C)C(CN)c1ccc2ncccc2c1. The normalized spacial score (nSPS) is 13.2. The Labute approximate surface area is 96.5 Å². The molecule has 0 radical (unpaired) electrons. The molecule has 0 saturated heterocycles. The van der Waals surface area contributed by atoms with Gasteiger partial charge < -0.3 is 5.73 Å². The molecule has 1 aromatic carbocycles. The second-order valence-corrected chi connectivity index (χ2v) is 4.54. The minimum Gasteiger partial charge on any atom is -0.330 e. The Morgan fingerprint density at radius 3 is 2.75 bits per heavy atom. The van der Waals surface area contributed by atoms with Gasteiger partial charge in [0.2, 0.25) is 0 Å². The summed E-state index contributed by atoms with van der Waals surface area (Å²) in [5, 5.41) is 1.19. The molecule has 2 N–H and O–H groups in total.